The van der Waals surface area contributed by atoms with Gasteiger partial charge < -0.3 is 5.73 Å². The monoisotopic (exact) mass is 340 g/mol. The van der Waals surface area contributed by atoms with E-state index in [9.17, 15) is 0 Å². The number of nitrogens with two attached hydrogens (primary N) is 1. The van der Waals surface area contributed by atoms with E-state index in [-0.39, 0.29) is 0 Å². The van der Waals surface area contributed by atoms with Gasteiger partial charge >= 0.3 is 0 Å². The summed E-state index contributed by atoms with van der Waals surface area (Å²) in [5, 5.41) is 2.14. The minimum absolute atomic E-state index is 0.408. The minimum Gasteiger partial charge on any atom is -0.383 e. The van der Waals surface area contributed by atoms with Gasteiger partial charge in [-0.2, -0.15) is 0 Å². The van der Waals surface area contributed by atoms with E-state index in [1.165, 1.54) is 6.33 Å². The maximum Gasteiger partial charge on any atom is 0.150 e. The molecule has 0 spiro atoms. The molecule has 0 unspecified atom stereocenters. The molecule has 0 amide bonds. The molecule has 2 N–H and O–H groups in total. The predicted octanol–water partition coefficient (Wildman–Crippen LogP) is 4.58. The smallest absolute Gasteiger partial charge is 0.150 e. The first-order valence-corrected chi connectivity index (χ1v) is 7.28. The Labute approximate surface area is 136 Å². The van der Waals surface area contributed by atoms with Gasteiger partial charge in [0.25, 0.3) is 0 Å². The summed E-state index contributed by atoms with van der Waals surface area (Å²) >= 11 is 18.4. The van der Waals surface area contributed by atoms with Crippen LogP contribution in [0.1, 0.15) is 11.3 Å². The van der Waals surface area contributed by atoms with Crippen LogP contribution in [0.25, 0.3) is 16.7 Å². The lowest BCUT2D eigenvalue weighted by atomic mass is 10.2. The highest BCUT2D eigenvalue weighted by atomic mass is 35.5. The van der Waals surface area contributed by atoms with Gasteiger partial charge in [0.1, 0.15) is 12.1 Å². The number of halogens is 3. The van der Waals surface area contributed by atoms with Gasteiger partial charge in [-0.25, -0.2) is 9.97 Å². The van der Waals surface area contributed by atoms with Gasteiger partial charge in [0.2, 0.25) is 0 Å². The van der Waals surface area contributed by atoms with Crippen LogP contribution in [0.5, 0.6) is 0 Å². The highest BCUT2D eigenvalue weighted by molar-refractivity contribution is 6.43. The molecule has 0 saturated heterocycles. The van der Waals surface area contributed by atoms with Crippen LogP contribution >= 0.6 is 34.8 Å². The van der Waals surface area contributed by atoms with E-state index in [4.69, 9.17) is 40.5 Å². The maximum absolute atomic E-state index is 6.32. The zero-order valence-corrected chi connectivity index (χ0v) is 13.6. The van der Waals surface area contributed by atoms with E-state index in [2.05, 4.69) is 9.97 Å². The Morgan fingerprint density at radius 1 is 1.00 bits per heavy atom. The molecular formula is C14H11Cl3N4. The second kappa shape index (κ2) is 5.05. The molecule has 7 heteroatoms. The Balaban J connectivity index is 2.44. The van der Waals surface area contributed by atoms with Gasteiger partial charge in [-0.05, 0) is 31.5 Å². The van der Waals surface area contributed by atoms with Crippen molar-refractivity contribution in [1.82, 2.24) is 14.5 Å². The van der Waals surface area contributed by atoms with Crippen LogP contribution in [-0.2, 0) is 0 Å². The summed E-state index contributed by atoms with van der Waals surface area (Å²) in [6.07, 6.45) is 1.43. The Morgan fingerprint density at radius 2 is 1.67 bits per heavy atom. The lowest BCUT2D eigenvalue weighted by Gasteiger charge is -2.11. The molecule has 21 heavy (non-hydrogen) atoms. The summed E-state index contributed by atoms with van der Waals surface area (Å²) in [7, 11) is 0. The molecule has 0 aliphatic heterocycles. The molecule has 108 valence electrons. The summed E-state index contributed by atoms with van der Waals surface area (Å²) in [5.74, 6) is 0.440. The average molecular weight is 342 g/mol. The topological polar surface area (TPSA) is 56.7 Å². The van der Waals surface area contributed by atoms with Crippen LogP contribution in [0, 0.1) is 13.8 Å². The summed E-state index contributed by atoms with van der Waals surface area (Å²) in [6, 6.07) is 3.34. The standard InChI is InChI=1S/C14H11Cl3N4/c1-6-7(2)21(14-12(6)13(18)19-5-20-14)11-4-9(16)8(15)3-10(11)17/h3-5H,1-2H3,(H2,18,19,20). The van der Waals surface area contributed by atoms with Gasteiger partial charge in [0, 0.05) is 5.69 Å². The van der Waals surface area contributed by atoms with E-state index in [1.54, 1.807) is 12.1 Å². The van der Waals surface area contributed by atoms with E-state index in [0.717, 1.165) is 16.6 Å². The molecule has 4 nitrogen and oxygen atoms in total. The fourth-order valence-corrected chi connectivity index (χ4v) is 3.03. The number of fused-ring (bicyclic) bond motifs is 1. The second-order valence-corrected chi connectivity index (χ2v) is 5.94. The first kappa shape index (κ1) is 14.4. The molecule has 0 saturated carbocycles. The zero-order valence-electron chi connectivity index (χ0n) is 11.3. The average Bonchev–Trinajstić information content (AvgIpc) is 2.68. The lowest BCUT2D eigenvalue weighted by molar-refractivity contribution is 1.01. The van der Waals surface area contributed by atoms with Crippen molar-refractivity contribution in [3.05, 3.63) is 44.8 Å². The van der Waals surface area contributed by atoms with Crippen LogP contribution < -0.4 is 5.73 Å². The summed E-state index contributed by atoms with van der Waals surface area (Å²) in [5.41, 5.74) is 9.34. The van der Waals surface area contributed by atoms with Crippen molar-refractivity contribution < 1.29 is 0 Å². The fourth-order valence-electron chi connectivity index (χ4n) is 2.40. The molecule has 1 aromatic carbocycles. The number of hydrogen-bond acceptors (Lipinski definition) is 3. The second-order valence-electron chi connectivity index (χ2n) is 4.72. The fraction of sp³-hybridized carbons (Fsp3) is 0.143. The van der Waals surface area contributed by atoms with Gasteiger partial charge in [-0.3, -0.25) is 4.57 Å². The molecule has 0 aliphatic carbocycles. The third-order valence-corrected chi connectivity index (χ3v) is 4.58. The van der Waals surface area contributed by atoms with Gasteiger partial charge in [0.15, 0.2) is 5.65 Å². The molecule has 2 heterocycles. The van der Waals surface area contributed by atoms with E-state index in [1.807, 2.05) is 18.4 Å². The molecule has 0 aliphatic rings. The summed E-state index contributed by atoms with van der Waals surface area (Å²) in [4.78, 5) is 8.37. The first-order valence-electron chi connectivity index (χ1n) is 6.14. The van der Waals surface area contributed by atoms with Gasteiger partial charge in [-0.15, -0.1) is 0 Å². The van der Waals surface area contributed by atoms with Crippen molar-refractivity contribution in [2.45, 2.75) is 13.8 Å². The van der Waals surface area contributed by atoms with Crippen molar-refractivity contribution in [2.75, 3.05) is 5.73 Å². The van der Waals surface area contributed by atoms with E-state index in [0.29, 0.717) is 32.2 Å². The van der Waals surface area contributed by atoms with Crippen LogP contribution in [0.3, 0.4) is 0 Å². The Hall–Kier alpha value is -1.49. The predicted molar refractivity (Wildman–Crippen MR) is 87.8 cm³/mol. The number of rotatable bonds is 1. The number of benzene rings is 1. The number of nitrogens with zero attached hydrogens (tertiary/aromatic N) is 3. The molecule has 3 rings (SSSR count). The molecule has 0 fully saturated rings. The third-order valence-electron chi connectivity index (χ3n) is 3.55. The van der Waals surface area contributed by atoms with Crippen molar-refractivity contribution in [3.8, 4) is 5.69 Å². The van der Waals surface area contributed by atoms with Crippen molar-refractivity contribution in [2.24, 2.45) is 0 Å². The highest BCUT2D eigenvalue weighted by Crippen LogP contribution is 2.36. The van der Waals surface area contributed by atoms with Crippen molar-refractivity contribution >= 4 is 51.7 Å². The Kier molecular flexibility index (Phi) is 3.48. The van der Waals surface area contributed by atoms with Crippen LogP contribution in [-0.4, -0.2) is 14.5 Å². The van der Waals surface area contributed by atoms with Crippen LogP contribution in [0.15, 0.2) is 18.5 Å². The van der Waals surface area contributed by atoms with Crippen molar-refractivity contribution in [1.29, 1.82) is 0 Å². The molecule has 2 aromatic heterocycles. The molecule has 0 atom stereocenters. The maximum atomic E-state index is 6.32. The number of nitrogen functional groups attached to an aromatic ring is 1. The number of aromatic nitrogens is 3. The molecule has 0 bridgehead atoms. The lowest BCUT2D eigenvalue weighted by Crippen LogP contribution is -2.00. The SMILES string of the molecule is Cc1c(C)n(-c2cc(Cl)c(Cl)cc2Cl)c2ncnc(N)c12. The van der Waals surface area contributed by atoms with Gasteiger partial charge in [0.05, 0.1) is 26.1 Å². The first-order chi connectivity index (χ1) is 9.91. The van der Waals surface area contributed by atoms with Crippen molar-refractivity contribution in [3.63, 3.8) is 0 Å². The summed E-state index contributed by atoms with van der Waals surface area (Å²) < 4.78 is 1.91. The summed E-state index contributed by atoms with van der Waals surface area (Å²) in [6.45, 7) is 3.94. The normalized spacial score (nSPS) is 11.3. The number of anilines is 1. The van der Waals surface area contributed by atoms with E-state index < -0.39 is 0 Å². The quantitative estimate of drug-likeness (QED) is 0.659. The molecular weight excluding hydrogens is 331 g/mol. The molecule has 0 radical (unpaired) electrons. The van der Waals surface area contributed by atoms with Crippen LogP contribution in [0.4, 0.5) is 5.82 Å². The number of hydrogen-bond donors (Lipinski definition) is 1. The Morgan fingerprint density at radius 3 is 2.38 bits per heavy atom. The highest BCUT2D eigenvalue weighted by Gasteiger charge is 2.18. The minimum atomic E-state index is 0.408. The third kappa shape index (κ3) is 2.14. The largest absolute Gasteiger partial charge is 0.383 e. The van der Waals surface area contributed by atoms with Gasteiger partial charge in [-0.1, -0.05) is 34.8 Å². The van der Waals surface area contributed by atoms with E-state index >= 15 is 0 Å². The Bertz CT molecular complexity index is 871. The van der Waals surface area contributed by atoms with Crippen LogP contribution in [0.2, 0.25) is 15.1 Å². The molecule has 3 aromatic rings. The number of aryl methyl sites for hydroxylation is 1. The zero-order chi connectivity index (χ0) is 15.3.